The van der Waals surface area contributed by atoms with Crippen LogP contribution in [0.5, 0.6) is 0 Å². The van der Waals surface area contributed by atoms with Crippen molar-refractivity contribution in [3.63, 3.8) is 0 Å². The van der Waals surface area contributed by atoms with Crippen LogP contribution >= 0.6 is 0 Å². The molecular formula is C15H16F4O. The quantitative estimate of drug-likeness (QED) is 0.570. The lowest BCUT2D eigenvalue weighted by Crippen LogP contribution is -2.30. The third-order valence-electron chi connectivity index (χ3n) is 4.03. The number of hydrogen-bond acceptors (Lipinski definition) is 1. The Bertz CT molecular complexity index is 499. The molecule has 0 atom stereocenters. The molecule has 1 saturated carbocycles. The van der Waals surface area contributed by atoms with Crippen molar-refractivity contribution in [3.8, 4) is 0 Å². The lowest BCUT2D eigenvalue weighted by molar-refractivity contribution is -0.183. The first kappa shape index (κ1) is 15.0. The molecule has 0 amide bonds. The van der Waals surface area contributed by atoms with E-state index < -0.39 is 23.8 Å². The first-order chi connectivity index (χ1) is 9.29. The van der Waals surface area contributed by atoms with Gasteiger partial charge >= 0.3 is 6.18 Å². The Kier molecular flexibility index (Phi) is 4.16. The standard InChI is InChI=1S/C15H16F4O/c1-9-2-7-12(16)8-13(9)14(20)10-3-5-11(6-4-10)15(17,18)19/h2,7-8,10-11H,3-6H2,1H3. The van der Waals surface area contributed by atoms with Crippen LogP contribution in [0.15, 0.2) is 18.2 Å². The first-order valence-electron chi connectivity index (χ1n) is 6.66. The molecule has 20 heavy (non-hydrogen) atoms. The number of benzene rings is 1. The molecule has 5 heteroatoms. The van der Waals surface area contributed by atoms with Gasteiger partial charge in [-0.3, -0.25) is 4.79 Å². The Hall–Kier alpha value is -1.39. The van der Waals surface area contributed by atoms with Crippen LogP contribution in [0.2, 0.25) is 0 Å². The Morgan fingerprint density at radius 1 is 1.15 bits per heavy atom. The highest BCUT2D eigenvalue weighted by molar-refractivity contribution is 5.99. The van der Waals surface area contributed by atoms with E-state index in [0.717, 1.165) is 0 Å². The summed E-state index contributed by atoms with van der Waals surface area (Å²) < 4.78 is 50.9. The monoisotopic (exact) mass is 288 g/mol. The van der Waals surface area contributed by atoms with Crippen LogP contribution in [0.3, 0.4) is 0 Å². The summed E-state index contributed by atoms with van der Waals surface area (Å²) in [6.07, 6.45) is -3.77. The topological polar surface area (TPSA) is 17.1 Å². The molecule has 0 bridgehead atoms. The molecule has 1 aromatic rings. The number of carbonyl (C=O) groups is 1. The minimum absolute atomic E-state index is 0.0196. The molecule has 0 saturated heterocycles. The van der Waals surface area contributed by atoms with Crippen LogP contribution in [0.4, 0.5) is 17.6 Å². The second-order valence-corrected chi connectivity index (χ2v) is 5.41. The zero-order valence-electron chi connectivity index (χ0n) is 11.1. The highest BCUT2D eigenvalue weighted by atomic mass is 19.4. The second kappa shape index (κ2) is 5.54. The van der Waals surface area contributed by atoms with Gasteiger partial charge in [-0.15, -0.1) is 0 Å². The lowest BCUT2D eigenvalue weighted by atomic mass is 9.78. The second-order valence-electron chi connectivity index (χ2n) is 5.41. The molecule has 1 fully saturated rings. The molecule has 1 aromatic carbocycles. The van der Waals surface area contributed by atoms with Gasteiger partial charge in [-0.1, -0.05) is 6.07 Å². The third-order valence-corrected chi connectivity index (χ3v) is 4.03. The highest BCUT2D eigenvalue weighted by Crippen LogP contribution is 2.40. The molecule has 110 valence electrons. The van der Waals surface area contributed by atoms with Gasteiger partial charge in [0, 0.05) is 11.5 Å². The molecule has 0 aromatic heterocycles. The predicted octanol–water partition coefficient (Wildman–Crippen LogP) is 4.69. The number of hydrogen-bond donors (Lipinski definition) is 0. The molecule has 0 heterocycles. The summed E-state index contributed by atoms with van der Waals surface area (Å²) in [7, 11) is 0. The first-order valence-corrected chi connectivity index (χ1v) is 6.66. The summed E-state index contributed by atoms with van der Waals surface area (Å²) in [5.41, 5.74) is 0.954. The molecule has 1 aliphatic rings. The zero-order chi connectivity index (χ0) is 14.9. The molecule has 1 aliphatic carbocycles. The summed E-state index contributed by atoms with van der Waals surface area (Å²) in [6, 6.07) is 3.96. The van der Waals surface area contributed by atoms with Crippen molar-refractivity contribution in [3.05, 3.63) is 35.1 Å². The molecule has 0 aliphatic heterocycles. The van der Waals surface area contributed by atoms with Crippen molar-refractivity contribution >= 4 is 5.78 Å². The van der Waals surface area contributed by atoms with Gasteiger partial charge in [0.15, 0.2) is 5.78 Å². The Balaban J connectivity index is 2.07. The van der Waals surface area contributed by atoms with Crippen molar-refractivity contribution in [1.82, 2.24) is 0 Å². The highest BCUT2D eigenvalue weighted by Gasteiger charge is 2.42. The summed E-state index contributed by atoms with van der Waals surface area (Å²) in [4.78, 5) is 12.3. The number of Topliss-reactive ketones (excluding diaryl/α,β-unsaturated/α-hetero) is 1. The minimum Gasteiger partial charge on any atom is -0.294 e. The van der Waals surface area contributed by atoms with Crippen molar-refractivity contribution in [1.29, 1.82) is 0 Å². The van der Waals surface area contributed by atoms with Crippen LogP contribution in [-0.2, 0) is 0 Å². The predicted molar refractivity (Wildman–Crippen MR) is 67.0 cm³/mol. The Labute approximate surface area is 115 Å². The van der Waals surface area contributed by atoms with E-state index in [1.54, 1.807) is 6.92 Å². The van der Waals surface area contributed by atoms with E-state index in [1.165, 1.54) is 18.2 Å². The van der Waals surface area contributed by atoms with E-state index in [-0.39, 0.29) is 31.5 Å². The number of halogens is 4. The fraction of sp³-hybridized carbons (Fsp3) is 0.533. The zero-order valence-corrected chi connectivity index (χ0v) is 11.1. The number of rotatable bonds is 2. The third kappa shape index (κ3) is 3.19. The molecule has 2 rings (SSSR count). The van der Waals surface area contributed by atoms with Crippen molar-refractivity contribution in [2.24, 2.45) is 11.8 Å². The average molecular weight is 288 g/mol. The number of aryl methyl sites for hydroxylation is 1. The average Bonchev–Trinajstić information content (AvgIpc) is 2.40. The molecule has 1 nitrogen and oxygen atoms in total. The maximum Gasteiger partial charge on any atom is 0.391 e. The number of carbonyl (C=O) groups excluding carboxylic acids is 1. The fourth-order valence-corrected chi connectivity index (χ4v) is 2.76. The van der Waals surface area contributed by atoms with E-state index in [9.17, 15) is 22.4 Å². The molecule has 0 spiro atoms. The summed E-state index contributed by atoms with van der Waals surface area (Å²) in [5, 5.41) is 0. The summed E-state index contributed by atoms with van der Waals surface area (Å²) in [5.74, 6) is -2.46. The normalized spacial score (nSPS) is 23.6. The van der Waals surface area contributed by atoms with E-state index in [0.29, 0.717) is 11.1 Å². The van der Waals surface area contributed by atoms with Gasteiger partial charge in [-0.25, -0.2) is 4.39 Å². The Morgan fingerprint density at radius 2 is 1.75 bits per heavy atom. The molecular weight excluding hydrogens is 272 g/mol. The van der Waals surface area contributed by atoms with Gasteiger partial charge < -0.3 is 0 Å². The smallest absolute Gasteiger partial charge is 0.294 e. The maximum atomic E-state index is 13.2. The van der Waals surface area contributed by atoms with E-state index in [4.69, 9.17) is 0 Å². The number of ketones is 1. The SMILES string of the molecule is Cc1ccc(F)cc1C(=O)C1CCC(C(F)(F)F)CC1. The summed E-state index contributed by atoms with van der Waals surface area (Å²) in [6.45, 7) is 1.70. The Morgan fingerprint density at radius 3 is 2.30 bits per heavy atom. The molecule has 0 radical (unpaired) electrons. The van der Waals surface area contributed by atoms with Crippen LogP contribution in [0.1, 0.15) is 41.6 Å². The van der Waals surface area contributed by atoms with Crippen LogP contribution in [-0.4, -0.2) is 12.0 Å². The van der Waals surface area contributed by atoms with Crippen LogP contribution < -0.4 is 0 Å². The molecule has 0 N–H and O–H groups in total. The van der Waals surface area contributed by atoms with Crippen molar-refractivity contribution in [2.45, 2.75) is 38.8 Å². The number of alkyl halides is 3. The van der Waals surface area contributed by atoms with Crippen LogP contribution in [0, 0.1) is 24.6 Å². The van der Waals surface area contributed by atoms with Crippen LogP contribution in [0.25, 0.3) is 0 Å². The fourth-order valence-electron chi connectivity index (χ4n) is 2.76. The maximum absolute atomic E-state index is 13.2. The van der Waals surface area contributed by atoms with Gasteiger partial charge in [-0.2, -0.15) is 13.2 Å². The van der Waals surface area contributed by atoms with Crippen molar-refractivity contribution < 1.29 is 22.4 Å². The largest absolute Gasteiger partial charge is 0.391 e. The molecule has 0 unspecified atom stereocenters. The lowest BCUT2D eigenvalue weighted by Gasteiger charge is -2.29. The van der Waals surface area contributed by atoms with Gasteiger partial charge in [0.05, 0.1) is 5.92 Å². The van der Waals surface area contributed by atoms with Gasteiger partial charge in [0.25, 0.3) is 0 Å². The summed E-state index contributed by atoms with van der Waals surface area (Å²) >= 11 is 0. The van der Waals surface area contributed by atoms with E-state index in [1.807, 2.05) is 0 Å². The van der Waals surface area contributed by atoms with Gasteiger partial charge in [0.2, 0.25) is 0 Å². The van der Waals surface area contributed by atoms with E-state index in [2.05, 4.69) is 0 Å². The van der Waals surface area contributed by atoms with E-state index >= 15 is 0 Å². The minimum atomic E-state index is -4.18. The van der Waals surface area contributed by atoms with Crippen molar-refractivity contribution in [2.75, 3.05) is 0 Å². The van der Waals surface area contributed by atoms with Gasteiger partial charge in [0.1, 0.15) is 5.82 Å². The van der Waals surface area contributed by atoms with Gasteiger partial charge in [-0.05, 0) is 50.3 Å².